The number of nitrogen functional groups attached to an aromatic ring is 1. The van der Waals surface area contributed by atoms with Gasteiger partial charge in [0.1, 0.15) is 12.0 Å². The molecule has 2 N–H and O–H groups in total. The third kappa shape index (κ3) is 4.43. The normalized spacial score (nSPS) is 15.2. The maximum absolute atomic E-state index is 6.42. The van der Waals surface area contributed by atoms with Crippen LogP contribution in [-0.2, 0) is 6.54 Å². The topological polar surface area (TPSA) is 61.5 Å². The van der Waals surface area contributed by atoms with Crippen molar-refractivity contribution in [3.8, 4) is 0 Å². The minimum absolute atomic E-state index is 0.697. The highest BCUT2D eigenvalue weighted by molar-refractivity contribution is 5.75. The fourth-order valence-corrected chi connectivity index (χ4v) is 3.39. The summed E-state index contributed by atoms with van der Waals surface area (Å²) < 4.78 is 0. The molecule has 0 amide bonds. The van der Waals surface area contributed by atoms with Crippen LogP contribution in [0.3, 0.4) is 0 Å². The van der Waals surface area contributed by atoms with Gasteiger partial charge in [0.05, 0.1) is 0 Å². The van der Waals surface area contributed by atoms with Gasteiger partial charge in [-0.3, -0.25) is 4.90 Å². The van der Waals surface area contributed by atoms with Crippen molar-refractivity contribution in [2.75, 3.05) is 55.3 Å². The van der Waals surface area contributed by atoms with Gasteiger partial charge in [0, 0.05) is 46.3 Å². The van der Waals surface area contributed by atoms with Crippen LogP contribution in [0.5, 0.6) is 0 Å². The molecule has 26 heavy (non-hydrogen) atoms. The van der Waals surface area contributed by atoms with Gasteiger partial charge < -0.3 is 15.5 Å². The summed E-state index contributed by atoms with van der Waals surface area (Å²) in [5.41, 5.74) is 8.48. The van der Waals surface area contributed by atoms with Crippen LogP contribution in [0.4, 0.5) is 17.3 Å². The molecule has 1 aliphatic heterocycles. The van der Waals surface area contributed by atoms with Gasteiger partial charge >= 0.3 is 0 Å². The SMILES string of the molecule is CCCCN(C)c1ncnc(N2CCN(Cc3ccccc3)CC2)c1N. The van der Waals surface area contributed by atoms with Crippen molar-refractivity contribution in [1.82, 2.24) is 14.9 Å². The van der Waals surface area contributed by atoms with Crippen LogP contribution in [0.15, 0.2) is 36.7 Å². The summed E-state index contributed by atoms with van der Waals surface area (Å²) in [6.07, 6.45) is 3.93. The van der Waals surface area contributed by atoms with Crippen molar-refractivity contribution in [3.63, 3.8) is 0 Å². The number of aromatic nitrogens is 2. The molecule has 0 aliphatic carbocycles. The molecule has 1 aromatic carbocycles. The Balaban J connectivity index is 1.62. The molecule has 0 spiro atoms. The highest BCUT2D eigenvalue weighted by Crippen LogP contribution is 2.29. The van der Waals surface area contributed by atoms with Gasteiger partial charge in [-0.05, 0) is 12.0 Å². The van der Waals surface area contributed by atoms with E-state index in [0.717, 1.165) is 63.7 Å². The number of hydrogen-bond donors (Lipinski definition) is 1. The minimum atomic E-state index is 0.697. The molecule has 0 bridgehead atoms. The van der Waals surface area contributed by atoms with Gasteiger partial charge in [-0.1, -0.05) is 43.7 Å². The van der Waals surface area contributed by atoms with E-state index < -0.39 is 0 Å². The van der Waals surface area contributed by atoms with Crippen LogP contribution in [0.25, 0.3) is 0 Å². The Labute approximate surface area is 156 Å². The first-order chi connectivity index (χ1) is 12.7. The van der Waals surface area contributed by atoms with E-state index in [1.807, 2.05) is 0 Å². The minimum Gasteiger partial charge on any atom is -0.393 e. The molecule has 0 radical (unpaired) electrons. The lowest BCUT2D eigenvalue weighted by atomic mass is 10.2. The van der Waals surface area contributed by atoms with E-state index in [1.54, 1.807) is 6.33 Å². The quantitative estimate of drug-likeness (QED) is 0.825. The van der Waals surface area contributed by atoms with Crippen molar-refractivity contribution in [2.45, 2.75) is 26.3 Å². The molecule has 0 atom stereocenters. The largest absolute Gasteiger partial charge is 0.393 e. The molecule has 0 unspecified atom stereocenters. The molecule has 6 heteroatoms. The van der Waals surface area contributed by atoms with Crippen molar-refractivity contribution in [2.24, 2.45) is 0 Å². The predicted molar refractivity (Wildman–Crippen MR) is 109 cm³/mol. The zero-order valence-corrected chi connectivity index (χ0v) is 15.9. The second kappa shape index (κ2) is 8.85. The van der Waals surface area contributed by atoms with Crippen LogP contribution in [-0.4, -0.2) is 54.6 Å². The molecule has 1 saturated heterocycles. The number of hydrogen-bond acceptors (Lipinski definition) is 6. The molecule has 1 aliphatic rings. The average molecular weight is 355 g/mol. The molecule has 2 aromatic rings. The first kappa shape index (κ1) is 18.5. The molecule has 3 rings (SSSR count). The standard InChI is InChI=1S/C20H30N6/c1-3-4-10-24(2)19-18(21)20(23-16-22-19)26-13-11-25(12-14-26)15-17-8-6-5-7-9-17/h5-9,16H,3-4,10-15,21H2,1-2H3. The van der Waals surface area contributed by atoms with E-state index in [1.165, 1.54) is 5.56 Å². The van der Waals surface area contributed by atoms with Gasteiger partial charge in [0.15, 0.2) is 11.6 Å². The number of nitrogens with two attached hydrogens (primary N) is 1. The molecule has 2 heterocycles. The van der Waals surface area contributed by atoms with E-state index in [-0.39, 0.29) is 0 Å². The number of piperazine rings is 1. The zero-order valence-electron chi connectivity index (χ0n) is 15.9. The van der Waals surface area contributed by atoms with Crippen molar-refractivity contribution in [1.29, 1.82) is 0 Å². The van der Waals surface area contributed by atoms with Crippen LogP contribution in [0.2, 0.25) is 0 Å². The molecule has 1 aromatic heterocycles. The summed E-state index contributed by atoms with van der Waals surface area (Å²) in [5, 5.41) is 0. The lowest BCUT2D eigenvalue weighted by molar-refractivity contribution is 0.249. The molecule has 0 saturated carbocycles. The molecule has 1 fully saturated rings. The number of rotatable bonds is 7. The van der Waals surface area contributed by atoms with Gasteiger partial charge in [0.2, 0.25) is 0 Å². The fourth-order valence-electron chi connectivity index (χ4n) is 3.39. The number of benzene rings is 1. The molecule has 140 valence electrons. The second-order valence-electron chi connectivity index (χ2n) is 6.96. The Kier molecular flexibility index (Phi) is 6.28. The first-order valence-corrected chi connectivity index (χ1v) is 9.52. The highest BCUT2D eigenvalue weighted by atomic mass is 15.3. The zero-order chi connectivity index (χ0) is 18.4. The Hall–Kier alpha value is -2.34. The lowest BCUT2D eigenvalue weighted by Gasteiger charge is -2.36. The van der Waals surface area contributed by atoms with Gasteiger partial charge in [-0.25, -0.2) is 9.97 Å². The summed E-state index contributed by atoms with van der Waals surface area (Å²) in [6.45, 7) is 8.05. The van der Waals surface area contributed by atoms with Gasteiger partial charge in [-0.2, -0.15) is 0 Å². The highest BCUT2D eigenvalue weighted by Gasteiger charge is 2.22. The summed E-state index contributed by atoms with van der Waals surface area (Å²) in [4.78, 5) is 15.8. The Morgan fingerprint density at radius 1 is 1.08 bits per heavy atom. The maximum Gasteiger partial charge on any atom is 0.157 e. The number of nitrogens with zero attached hydrogens (tertiary/aromatic N) is 5. The van der Waals surface area contributed by atoms with Gasteiger partial charge in [-0.15, -0.1) is 0 Å². The van der Waals surface area contributed by atoms with E-state index in [4.69, 9.17) is 5.73 Å². The maximum atomic E-state index is 6.42. The van der Waals surface area contributed by atoms with Crippen LogP contribution >= 0.6 is 0 Å². The number of anilines is 3. The van der Waals surface area contributed by atoms with E-state index in [9.17, 15) is 0 Å². The van der Waals surface area contributed by atoms with Gasteiger partial charge in [0.25, 0.3) is 0 Å². The van der Waals surface area contributed by atoms with Crippen molar-refractivity contribution < 1.29 is 0 Å². The Morgan fingerprint density at radius 2 is 1.81 bits per heavy atom. The van der Waals surface area contributed by atoms with E-state index >= 15 is 0 Å². The lowest BCUT2D eigenvalue weighted by Crippen LogP contribution is -2.46. The second-order valence-corrected chi connectivity index (χ2v) is 6.96. The Morgan fingerprint density at radius 3 is 2.50 bits per heavy atom. The monoisotopic (exact) mass is 354 g/mol. The number of unbranched alkanes of at least 4 members (excludes halogenated alkanes) is 1. The fraction of sp³-hybridized carbons (Fsp3) is 0.500. The summed E-state index contributed by atoms with van der Waals surface area (Å²) in [5.74, 6) is 1.72. The molecular weight excluding hydrogens is 324 g/mol. The molecular formula is C20H30N6. The van der Waals surface area contributed by atoms with E-state index in [2.05, 4.69) is 69.0 Å². The third-order valence-corrected chi connectivity index (χ3v) is 4.97. The van der Waals surface area contributed by atoms with Crippen molar-refractivity contribution in [3.05, 3.63) is 42.2 Å². The van der Waals surface area contributed by atoms with Crippen LogP contribution in [0.1, 0.15) is 25.3 Å². The summed E-state index contributed by atoms with van der Waals surface area (Å²) >= 11 is 0. The van der Waals surface area contributed by atoms with E-state index in [0.29, 0.717) is 5.69 Å². The smallest absolute Gasteiger partial charge is 0.157 e. The Bertz CT molecular complexity index is 682. The summed E-state index contributed by atoms with van der Waals surface area (Å²) in [6, 6.07) is 10.6. The van der Waals surface area contributed by atoms with Crippen LogP contribution in [0, 0.1) is 0 Å². The van der Waals surface area contributed by atoms with Crippen LogP contribution < -0.4 is 15.5 Å². The predicted octanol–water partition coefficient (Wildman–Crippen LogP) is 2.62. The third-order valence-electron chi connectivity index (χ3n) is 4.97. The summed E-state index contributed by atoms with van der Waals surface area (Å²) in [7, 11) is 2.05. The van der Waals surface area contributed by atoms with Crippen molar-refractivity contribution >= 4 is 17.3 Å². The first-order valence-electron chi connectivity index (χ1n) is 9.52. The average Bonchev–Trinajstić information content (AvgIpc) is 2.68. The molecule has 6 nitrogen and oxygen atoms in total.